The molecule has 0 spiro atoms. The number of aromatic amines is 1. The van der Waals surface area contributed by atoms with Crippen molar-refractivity contribution >= 4 is 51.7 Å². The molecule has 0 aromatic carbocycles. The van der Waals surface area contributed by atoms with Crippen molar-refractivity contribution in [1.29, 1.82) is 0 Å². The number of hydrogen-bond acceptors (Lipinski definition) is 4. The zero-order chi connectivity index (χ0) is 11.7. The van der Waals surface area contributed by atoms with Gasteiger partial charge in [-0.1, -0.05) is 26.1 Å². The van der Waals surface area contributed by atoms with Crippen LogP contribution in [0.1, 0.15) is 24.9 Å². The Bertz CT molecular complexity index is 434. The molecule has 1 saturated heterocycles. The Labute approximate surface area is 118 Å². The quantitative estimate of drug-likeness (QED) is 0.778. The fourth-order valence-corrected chi connectivity index (χ4v) is 4.72. The van der Waals surface area contributed by atoms with Crippen LogP contribution < -0.4 is 0 Å². The van der Waals surface area contributed by atoms with Crippen LogP contribution in [0, 0.1) is 4.64 Å². The highest BCUT2D eigenvalue weighted by molar-refractivity contribution is 9.10. The molecule has 1 aliphatic heterocycles. The van der Waals surface area contributed by atoms with Crippen molar-refractivity contribution in [2.45, 2.75) is 29.6 Å². The minimum absolute atomic E-state index is 0.436. The van der Waals surface area contributed by atoms with Crippen LogP contribution in [0.2, 0.25) is 0 Å². The van der Waals surface area contributed by atoms with Gasteiger partial charge in [0.2, 0.25) is 0 Å². The molecule has 6 heteroatoms. The summed E-state index contributed by atoms with van der Waals surface area (Å²) >= 11 is 12.6. The number of rotatable bonds is 1. The van der Waals surface area contributed by atoms with E-state index in [-0.39, 0.29) is 0 Å². The van der Waals surface area contributed by atoms with Crippen molar-refractivity contribution in [1.82, 2.24) is 9.97 Å². The molecule has 16 heavy (non-hydrogen) atoms. The van der Waals surface area contributed by atoms with Crippen LogP contribution in [0.25, 0.3) is 0 Å². The first-order valence-electron chi connectivity index (χ1n) is 5.09. The number of thioether (sulfide) groups is 2. The third kappa shape index (κ3) is 2.83. The summed E-state index contributed by atoms with van der Waals surface area (Å²) in [6.45, 7) is 4.57. The SMILES string of the molecule is CC1SCC(c2ncc(Br)c(=S)[nH]2)SC1C. The average Bonchev–Trinajstić information content (AvgIpc) is 2.26. The van der Waals surface area contributed by atoms with Gasteiger partial charge < -0.3 is 4.98 Å². The van der Waals surface area contributed by atoms with E-state index in [0.29, 0.717) is 10.5 Å². The largest absolute Gasteiger partial charge is 0.333 e. The van der Waals surface area contributed by atoms with Crippen molar-refractivity contribution in [3.8, 4) is 0 Å². The molecule has 1 fully saturated rings. The summed E-state index contributed by atoms with van der Waals surface area (Å²) in [7, 11) is 0. The molecule has 1 N–H and O–H groups in total. The highest BCUT2D eigenvalue weighted by Crippen LogP contribution is 2.43. The molecular weight excluding hydrogens is 324 g/mol. The van der Waals surface area contributed by atoms with E-state index in [9.17, 15) is 0 Å². The van der Waals surface area contributed by atoms with Crippen LogP contribution in [0.4, 0.5) is 0 Å². The average molecular weight is 337 g/mol. The van der Waals surface area contributed by atoms with E-state index in [1.54, 1.807) is 6.20 Å². The van der Waals surface area contributed by atoms with E-state index < -0.39 is 0 Å². The second-order valence-electron chi connectivity index (χ2n) is 3.81. The Balaban J connectivity index is 2.19. The lowest BCUT2D eigenvalue weighted by atomic mass is 10.3. The van der Waals surface area contributed by atoms with Gasteiger partial charge in [0.25, 0.3) is 0 Å². The Morgan fingerprint density at radius 2 is 2.25 bits per heavy atom. The van der Waals surface area contributed by atoms with Crippen molar-refractivity contribution in [3.05, 3.63) is 21.1 Å². The van der Waals surface area contributed by atoms with Crippen LogP contribution in [0.15, 0.2) is 10.7 Å². The van der Waals surface area contributed by atoms with Crippen LogP contribution in [0.5, 0.6) is 0 Å². The molecule has 1 aromatic heterocycles. The molecule has 1 aliphatic rings. The minimum atomic E-state index is 0.436. The maximum atomic E-state index is 5.20. The van der Waals surface area contributed by atoms with E-state index in [1.165, 1.54) is 0 Å². The molecule has 2 heterocycles. The summed E-state index contributed by atoms with van der Waals surface area (Å²) in [5.41, 5.74) is 0. The number of nitrogens with zero attached hydrogens (tertiary/aromatic N) is 1. The minimum Gasteiger partial charge on any atom is -0.333 e. The van der Waals surface area contributed by atoms with Crippen molar-refractivity contribution < 1.29 is 0 Å². The fraction of sp³-hybridized carbons (Fsp3) is 0.600. The molecule has 2 rings (SSSR count). The molecule has 3 atom stereocenters. The van der Waals surface area contributed by atoms with Gasteiger partial charge in [-0.15, -0.1) is 11.8 Å². The summed E-state index contributed by atoms with van der Waals surface area (Å²) in [5, 5.41) is 1.82. The van der Waals surface area contributed by atoms with E-state index in [1.807, 2.05) is 23.5 Å². The zero-order valence-electron chi connectivity index (χ0n) is 9.07. The second-order valence-corrected chi connectivity index (χ2v) is 8.07. The van der Waals surface area contributed by atoms with Crippen molar-refractivity contribution in [3.63, 3.8) is 0 Å². The summed E-state index contributed by atoms with van der Waals surface area (Å²) < 4.78 is 1.60. The van der Waals surface area contributed by atoms with Crippen molar-refractivity contribution in [2.75, 3.05) is 5.75 Å². The number of halogens is 1. The van der Waals surface area contributed by atoms with E-state index >= 15 is 0 Å². The predicted molar refractivity (Wildman–Crippen MR) is 78.8 cm³/mol. The van der Waals surface area contributed by atoms with Gasteiger partial charge in [-0.2, -0.15) is 11.8 Å². The van der Waals surface area contributed by atoms with Gasteiger partial charge in [0.15, 0.2) is 0 Å². The second kappa shape index (κ2) is 5.42. The highest BCUT2D eigenvalue weighted by atomic mass is 79.9. The van der Waals surface area contributed by atoms with Gasteiger partial charge >= 0.3 is 0 Å². The number of aromatic nitrogens is 2. The van der Waals surface area contributed by atoms with Gasteiger partial charge in [-0.25, -0.2) is 4.98 Å². The lowest BCUT2D eigenvalue weighted by Crippen LogP contribution is -2.22. The molecule has 0 aliphatic carbocycles. The Morgan fingerprint density at radius 1 is 1.50 bits per heavy atom. The smallest absolute Gasteiger partial charge is 0.121 e. The molecule has 88 valence electrons. The maximum absolute atomic E-state index is 5.20. The van der Waals surface area contributed by atoms with Gasteiger partial charge in [0.05, 0.1) is 9.72 Å². The van der Waals surface area contributed by atoms with E-state index in [0.717, 1.165) is 25.9 Å². The number of H-pyrrole nitrogens is 1. The molecular formula is C10H13BrN2S3. The van der Waals surface area contributed by atoms with E-state index in [2.05, 4.69) is 39.7 Å². The monoisotopic (exact) mass is 336 g/mol. The van der Waals surface area contributed by atoms with Crippen LogP contribution >= 0.6 is 51.7 Å². The molecule has 0 saturated carbocycles. The first-order valence-corrected chi connectivity index (χ1v) is 8.29. The standard InChI is InChI=1S/C10H13BrN2S3/c1-5-6(2)16-8(4-15-5)9-12-3-7(11)10(14)13-9/h3,5-6,8H,4H2,1-2H3,(H,12,13,14). The van der Waals surface area contributed by atoms with Crippen molar-refractivity contribution in [2.24, 2.45) is 0 Å². The van der Waals surface area contributed by atoms with Gasteiger partial charge in [0.1, 0.15) is 10.5 Å². The molecule has 3 unspecified atom stereocenters. The Hall–Kier alpha value is 0.480. The van der Waals surface area contributed by atoms with Gasteiger partial charge in [-0.3, -0.25) is 0 Å². The number of hydrogen-bond donors (Lipinski definition) is 1. The van der Waals surface area contributed by atoms with E-state index in [4.69, 9.17) is 12.2 Å². The summed E-state index contributed by atoms with van der Waals surface area (Å²) in [6, 6.07) is 0. The van der Waals surface area contributed by atoms with Gasteiger partial charge in [-0.05, 0) is 15.9 Å². The fourth-order valence-electron chi connectivity index (χ4n) is 1.48. The lowest BCUT2D eigenvalue weighted by Gasteiger charge is -2.30. The van der Waals surface area contributed by atoms with Crippen LogP contribution in [0.3, 0.4) is 0 Å². The summed E-state index contributed by atoms with van der Waals surface area (Å²) in [5.74, 6) is 2.11. The Kier molecular flexibility index (Phi) is 4.38. The molecule has 1 aromatic rings. The maximum Gasteiger partial charge on any atom is 0.121 e. The Morgan fingerprint density at radius 3 is 2.88 bits per heavy atom. The lowest BCUT2D eigenvalue weighted by molar-refractivity contribution is 0.855. The molecule has 2 nitrogen and oxygen atoms in total. The summed E-state index contributed by atoms with van der Waals surface area (Å²) in [6.07, 6.45) is 1.79. The normalized spacial score (nSPS) is 30.3. The zero-order valence-corrected chi connectivity index (χ0v) is 13.1. The first kappa shape index (κ1) is 12.9. The highest BCUT2D eigenvalue weighted by Gasteiger charge is 2.27. The third-order valence-corrected chi connectivity index (χ3v) is 7.22. The third-order valence-electron chi connectivity index (χ3n) is 2.63. The number of nitrogens with one attached hydrogen (secondary N) is 1. The molecule has 0 amide bonds. The topological polar surface area (TPSA) is 28.7 Å². The molecule has 0 bridgehead atoms. The van der Waals surface area contributed by atoms with Gasteiger partial charge in [0, 0.05) is 22.4 Å². The predicted octanol–water partition coefficient (Wildman–Crippen LogP) is 4.20. The van der Waals surface area contributed by atoms with Crippen LogP contribution in [-0.4, -0.2) is 26.2 Å². The summed E-state index contributed by atoms with van der Waals surface area (Å²) in [4.78, 5) is 7.62. The first-order chi connectivity index (χ1) is 7.58. The van der Waals surface area contributed by atoms with Crippen LogP contribution in [-0.2, 0) is 0 Å². The molecule has 0 radical (unpaired) electrons.